The molecule has 1 aromatic rings. The molecule has 1 amide bonds. The molecule has 10 heteroatoms. The molecular weight excluding hydrogens is 343 g/mol. The van der Waals surface area contributed by atoms with Crippen molar-refractivity contribution in [3.05, 3.63) is 24.3 Å². The fourth-order valence-corrected chi connectivity index (χ4v) is 2.66. The molecule has 0 radical (unpaired) electrons. The Morgan fingerprint density at radius 3 is 2.29 bits per heavy atom. The number of ether oxygens (including phenoxy) is 1. The van der Waals surface area contributed by atoms with Crippen molar-refractivity contribution < 1.29 is 32.2 Å². The van der Waals surface area contributed by atoms with Crippen molar-refractivity contribution in [3.8, 4) is 5.75 Å². The average molecular weight is 362 g/mol. The molecule has 0 fully saturated rings. The Balaban J connectivity index is 2.66. The van der Waals surface area contributed by atoms with Gasteiger partial charge < -0.3 is 15.2 Å². The van der Waals surface area contributed by atoms with Gasteiger partial charge in [-0.3, -0.25) is 9.52 Å². The van der Waals surface area contributed by atoms with Gasteiger partial charge in [0.2, 0.25) is 15.9 Å². The van der Waals surface area contributed by atoms with Gasteiger partial charge in [-0.2, -0.15) is 0 Å². The summed E-state index contributed by atoms with van der Waals surface area (Å²) in [6.45, 7) is 2.35. The zero-order valence-electron chi connectivity index (χ0n) is 13.2. The number of carbonyl (C=O) groups is 2. The zero-order valence-corrected chi connectivity index (χ0v) is 14.0. The summed E-state index contributed by atoms with van der Waals surface area (Å²) in [5.74, 6) is -3.18. The van der Waals surface area contributed by atoms with Crippen LogP contribution in [-0.4, -0.2) is 50.0 Å². The number of benzene rings is 1. The van der Waals surface area contributed by atoms with Gasteiger partial charge in [0.25, 0.3) is 0 Å². The number of carboxylic acid groups (broad SMARTS) is 1. The minimum atomic E-state index is -4.07. The number of amides is 1. The number of hydrogen-bond donors (Lipinski definition) is 3. The Morgan fingerprint density at radius 1 is 1.25 bits per heavy atom. The summed E-state index contributed by atoms with van der Waals surface area (Å²) in [6.07, 6.45) is -0.0334. The van der Waals surface area contributed by atoms with Crippen LogP contribution in [0.4, 0.5) is 10.1 Å². The molecule has 0 aromatic heterocycles. The highest BCUT2D eigenvalue weighted by Gasteiger charge is 2.23. The van der Waals surface area contributed by atoms with Crippen LogP contribution < -0.4 is 14.8 Å². The topological polar surface area (TPSA) is 122 Å². The van der Waals surface area contributed by atoms with Gasteiger partial charge in [0, 0.05) is 5.69 Å². The van der Waals surface area contributed by atoms with E-state index in [0.717, 1.165) is 0 Å². The standard InChI is InChI=1S/C14H19FN2O6S/c1-9(2)23-11-5-3-10(4-6-11)17-24(21,22)8-13(18)16-12(7-15)14(19)20/h3-6,9,12,17H,7-8H2,1-2H3,(H,16,18)(H,19,20). The van der Waals surface area contributed by atoms with Gasteiger partial charge in [0.05, 0.1) is 6.10 Å². The molecule has 3 N–H and O–H groups in total. The fraction of sp³-hybridized carbons (Fsp3) is 0.429. The first-order valence-electron chi connectivity index (χ1n) is 6.98. The van der Waals surface area contributed by atoms with Crippen LogP contribution in [0.15, 0.2) is 24.3 Å². The highest BCUT2D eigenvalue weighted by atomic mass is 32.2. The van der Waals surface area contributed by atoms with Gasteiger partial charge in [-0.1, -0.05) is 0 Å². The third-order valence-corrected chi connectivity index (χ3v) is 3.80. The summed E-state index contributed by atoms with van der Waals surface area (Å²) in [6, 6.07) is 4.24. The third-order valence-electron chi connectivity index (χ3n) is 2.61. The van der Waals surface area contributed by atoms with Crippen LogP contribution in [0.1, 0.15) is 13.8 Å². The second-order valence-electron chi connectivity index (χ2n) is 5.16. The molecular formula is C14H19FN2O6S. The number of nitrogens with one attached hydrogen (secondary N) is 2. The molecule has 0 aliphatic carbocycles. The Kier molecular flexibility index (Phi) is 6.96. The molecule has 0 saturated carbocycles. The number of alkyl halides is 1. The molecule has 1 unspecified atom stereocenters. The summed E-state index contributed by atoms with van der Waals surface area (Å²) >= 11 is 0. The van der Waals surface area contributed by atoms with E-state index in [-0.39, 0.29) is 11.8 Å². The van der Waals surface area contributed by atoms with E-state index in [1.54, 1.807) is 17.4 Å². The number of anilines is 1. The third kappa shape index (κ3) is 6.82. The molecule has 0 aliphatic rings. The molecule has 1 atom stereocenters. The summed E-state index contributed by atoms with van der Waals surface area (Å²) < 4.78 is 43.7. The van der Waals surface area contributed by atoms with Gasteiger partial charge in [-0.25, -0.2) is 17.6 Å². The van der Waals surface area contributed by atoms with E-state index in [9.17, 15) is 22.4 Å². The van der Waals surface area contributed by atoms with Crippen LogP contribution in [-0.2, 0) is 19.6 Å². The van der Waals surface area contributed by atoms with Gasteiger partial charge in [-0.15, -0.1) is 0 Å². The largest absolute Gasteiger partial charge is 0.491 e. The van der Waals surface area contributed by atoms with E-state index in [1.807, 2.05) is 13.8 Å². The summed E-state index contributed by atoms with van der Waals surface area (Å²) in [7, 11) is -4.07. The van der Waals surface area contributed by atoms with Gasteiger partial charge >= 0.3 is 5.97 Å². The number of hydrogen-bond acceptors (Lipinski definition) is 5. The van der Waals surface area contributed by atoms with E-state index in [0.29, 0.717) is 5.75 Å². The van der Waals surface area contributed by atoms with E-state index in [4.69, 9.17) is 9.84 Å². The van der Waals surface area contributed by atoms with Gasteiger partial charge in [0.15, 0.2) is 6.04 Å². The molecule has 0 spiro atoms. The highest BCUT2D eigenvalue weighted by Crippen LogP contribution is 2.17. The Labute approximate surface area is 139 Å². The lowest BCUT2D eigenvalue weighted by Gasteiger charge is -2.13. The number of halogens is 1. The highest BCUT2D eigenvalue weighted by molar-refractivity contribution is 7.93. The number of carboxylic acids is 1. The van der Waals surface area contributed by atoms with Crippen molar-refractivity contribution >= 4 is 27.6 Å². The van der Waals surface area contributed by atoms with Crippen LogP contribution in [0.3, 0.4) is 0 Å². The van der Waals surface area contributed by atoms with E-state index < -0.39 is 40.4 Å². The number of rotatable bonds is 9. The van der Waals surface area contributed by atoms with Crippen LogP contribution in [0, 0.1) is 0 Å². The SMILES string of the molecule is CC(C)Oc1ccc(NS(=O)(=O)CC(=O)NC(CF)C(=O)O)cc1. The molecule has 0 saturated heterocycles. The molecule has 1 aromatic carbocycles. The first-order chi connectivity index (χ1) is 11.1. The molecule has 1 rings (SSSR count). The summed E-state index contributed by atoms with van der Waals surface area (Å²) in [5, 5.41) is 10.4. The summed E-state index contributed by atoms with van der Waals surface area (Å²) in [4.78, 5) is 22.1. The predicted octanol–water partition coefficient (Wildman–Crippen LogP) is 0.754. The zero-order chi connectivity index (χ0) is 18.3. The molecule has 0 aliphatic heterocycles. The van der Waals surface area contributed by atoms with Crippen molar-refractivity contribution in [2.24, 2.45) is 0 Å². The number of sulfonamides is 1. The van der Waals surface area contributed by atoms with Crippen LogP contribution in [0.5, 0.6) is 5.75 Å². The van der Waals surface area contributed by atoms with Crippen molar-refractivity contribution in [2.75, 3.05) is 17.1 Å². The predicted molar refractivity (Wildman–Crippen MR) is 85.2 cm³/mol. The first kappa shape index (κ1) is 19.7. The summed E-state index contributed by atoms with van der Waals surface area (Å²) in [5.41, 5.74) is 0.208. The lowest BCUT2D eigenvalue weighted by molar-refractivity contribution is -0.141. The van der Waals surface area contributed by atoms with Crippen molar-refractivity contribution in [2.45, 2.75) is 26.0 Å². The Morgan fingerprint density at radius 2 is 1.83 bits per heavy atom. The quantitative estimate of drug-likeness (QED) is 0.596. The molecule has 0 bridgehead atoms. The van der Waals surface area contributed by atoms with Gasteiger partial charge in [-0.05, 0) is 38.1 Å². The lowest BCUT2D eigenvalue weighted by Crippen LogP contribution is -2.45. The lowest BCUT2D eigenvalue weighted by atomic mass is 10.3. The second kappa shape index (κ2) is 8.48. The average Bonchev–Trinajstić information content (AvgIpc) is 2.45. The Bertz CT molecular complexity index is 675. The molecule has 0 heterocycles. The number of carbonyl (C=O) groups excluding carboxylic acids is 1. The van der Waals surface area contributed by atoms with Crippen LogP contribution in [0.2, 0.25) is 0 Å². The monoisotopic (exact) mass is 362 g/mol. The minimum Gasteiger partial charge on any atom is -0.491 e. The smallest absolute Gasteiger partial charge is 0.328 e. The minimum absolute atomic E-state index is 0.0334. The maximum atomic E-state index is 12.4. The van der Waals surface area contributed by atoms with Crippen molar-refractivity contribution in [1.82, 2.24) is 5.32 Å². The van der Waals surface area contributed by atoms with Gasteiger partial charge in [0.1, 0.15) is 18.2 Å². The molecule has 24 heavy (non-hydrogen) atoms. The van der Waals surface area contributed by atoms with Crippen molar-refractivity contribution in [3.63, 3.8) is 0 Å². The number of aliphatic carboxylic acids is 1. The molecule has 8 nitrogen and oxygen atoms in total. The van der Waals surface area contributed by atoms with E-state index >= 15 is 0 Å². The maximum Gasteiger partial charge on any atom is 0.328 e. The fourth-order valence-electron chi connectivity index (χ4n) is 1.66. The van der Waals surface area contributed by atoms with E-state index in [2.05, 4.69) is 4.72 Å². The van der Waals surface area contributed by atoms with Crippen LogP contribution in [0.25, 0.3) is 0 Å². The van der Waals surface area contributed by atoms with Crippen LogP contribution >= 0.6 is 0 Å². The molecule has 134 valence electrons. The van der Waals surface area contributed by atoms with Crippen molar-refractivity contribution in [1.29, 1.82) is 0 Å². The second-order valence-corrected chi connectivity index (χ2v) is 6.89. The van der Waals surface area contributed by atoms with E-state index in [1.165, 1.54) is 12.1 Å². The Hall–Kier alpha value is -2.36. The maximum absolute atomic E-state index is 12.4. The normalized spacial score (nSPS) is 12.5. The first-order valence-corrected chi connectivity index (χ1v) is 8.63.